The molecule has 2 atom stereocenters. The van der Waals surface area contributed by atoms with E-state index in [0.717, 1.165) is 0 Å². The summed E-state index contributed by atoms with van der Waals surface area (Å²) in [5, 5.41) is 6.60. The summed E-state index contributed by atoms with van der Waals surface area (Å²) in [5.41, 5.74) is 0.654. The van der Waals surface area contributed by atoms with Gasteiger partial charge in [-0.25, -0.2) is 0 Å². The zero-order valence-corrected chi connectivity index (χ0v) is 16.8. The number of piperidine rings is 1. The third-order valence-electron chi connectivity index (χ3n) is 5.60. The Morgan fingerprint density at radius 2 is 2.06 bits per heavy atom. The summed E-state index contributed by atoms with van der Waals surface area (Å²) in [4.78, 5) is 28.7. The number of carbonyl (C=O) groups is 2. The molecule has 2 saturated heterocycles. The summed E-state index contributed by atoms with van der Waals surface area (Å²) >= 11 is 0. The van der Waals surface area contributed by atoms with Crippen LogP contribution < -0.4 is 9.64 Å². The molecule has 1 aromatic heterocycles. The molecule has 2 amide bonds. The van der Waals surface area contributed by atoms with Crippen molar-refractivity contribution in [3.05, 3.63) is 36.0 Å². The average Bonchev–Trinajstić information content (AvgIpc) is 3.41. The van der Waals surface area contributed by atoms with Gasteiger partial charge in [0.15, 0.2) is 0 Å². The smallest absolute Gasteiger partial charge is 0.470 e. The van der Waals surface area contributed by atoms with Crippen LogP contribution in [0.3, 0.4) is 0 Å². The molecule has 0 saturated carbocycles. The highest BCUT2D eigenvalue weighted by atomic mass is 19.4. The zero-order valence-electron chi connectivity index (χ0n) is 16.8. The van der Waals surface area contributed by atoms with Gasteiger partial charge in [0.05, 0.1) is 18.9 Å². The number of hydrogen-bond donors (Lipinski definition) is 0. The number of alkyl halides is 3. The molecule has 2 fully saturated rings. The monoisotopic (exact) mass is 438 g/mol. The molecule has 2 aliphatic rings. The standard InChI is InChI=1S/C20H21F3N4O4/c1-30-15-6-2-5-14(9-15)27-11-13(8-16(27)28)18(29)26-7-3-4-12(10-26)17-24-25-19(31-17)20(21,22)23/h2,5-6,9,12-13H,3-4,7-8,10-11H2,1H3/t12-,13+/m0/s1. The summed E-state index contributed by atoms with van der Waals surface area (Å²) < 4.78 is 48.2. The van der Waals surface area contributed by atoms with Crippen LogP contribution in [0.2, 0.25) is 0 Å². The van der Waals surface area contributed by atoms with Crippen LogP contribution in [0.4, 0.5) is 18.9 Å². The van der Waals surface area contributed by atoms with Gasteiger partial charge >= 0.3 is 12.1 Å². The lowest BCUT2D eigenvalue weighted by atomic mass is 9.96. The van der Waals surface area contributed by atoms with E-state index in [-0.39, 0.29) is 37.2 Å². The quantitative estimate of drug-likeness (QED) is 0.730. The Morgan fingerprint density at radius 3 is 2.77 bits per heavy atom. The fourth-order valence-electron chi connectivity index (χ4n) is 4.05. The SMILES string of the molecule is COc1cccc(N2C[C@H](C(=O)N3CCC[C@H](c4nnc(C(F)(F)F)o4)C3)CC2=O)c1. The zero-order chi connectivity index (χ0) is 22.2. The maximum Gasteiger partial charge on any atom is 0.470 e. The number of halogens is 3. The molecule has 0 radical (unpaired) electrons. The first-order valence-electron chi connectivity index (χ1n) is 9.90. The minimum Gasteiger partial charge on any atom is -0.497 e. The molecule has 0 bridgehead atoms. The van der Waals surface area contributed by atoms with Gasteiger partial charge in [0, 0.05) is 37.8 Å². The first-order chi connectivity index (χ1) is 14.8. The number of benzene rings is 1. The Kier molecular flexibility index (Phi) is 5.59. The van der Waals surface area contributed by atoms with Gasteiger partial charge in [-0.05, 0) is 25.0 Å². The maximum atomic E-state index is 13.1. The second-order valence-electron chi connectivity index (χ2n) is 7.67. The molecule has 2 aliphatic heterocycles. The molecule has 31 heavy (non-hydrogen) atoms. The Labute approximate surface area is 176 Å². The van der Waals surface area contributed by atoms with Crippen molar-refractivity contribution < 1.29 is 31.9 Å². The average molecular weight is 438 g/mol. The molecule has 2 aromatic rings. The second-order valence-corrected chi connectivity index (χ2v) is 7.67. The number of likely N-dealkylation sites (tertiary alicyclic amines) is 1. The number of ether oxygens (including phenoxy) is 1. The third kappa shape index (κ3) is 4.35. The number of nitrogens with zero attached hydrogens (tertiary/aromatic N) is 4. The van der Waals surface area contributed by atoms with E-state index >= 15 is 0 Å². The Morgan fingerprint density at radius 1 is 1.26 bits per heavy atom. The van der Waals surface area contributed by atoms with E-state index in [1.165, 1.54) is 7.11 Å². The van der Waals surface area contributed by atoms with E-state index in [1.54, 1.807) is 34.1 Å². The van der Waals surface area contributed by atoms with E-state index < -0.39 is 23.9 Å². The normalized spacial score (nSPS) is 22.1. The number of methoxy groups -OCH3 is 1. The van der Waals surface area contributed by atoms with E-state index in [2.05, 4.69) is 10.2 Å². The number of aromatic nitrogens is 2. The van der Waals surface area contributed by atoms with E-state index in [0.29, 0.717) is 30.8 Å². The first kappa shape index (κ1) is 21.1. The highest BCUT2D eigenvalue weighted by Gasteiger charge is 2.41. The van der Waals surface area contributed by atoms with Crippen LogP contribution in [0.1, 0.15) is 37.0 Å². The number of anilines is 1. The second kappa shape index (κ2) is 8.20. The molecule has 11 heteroatoms. The van der Waals surface area contributed by atoms with Gasteiger partial charge in [-0.1, -0.05) is 6.07 Å². The van der Waals surface area contributed by atoms with Crippen molar-refractivity contribution in [3.63, 3.8) is 0 Å². The fraction of sp³-hybridized carbons (Fsp3) is 0.500. The molecule has 166 valence electrons. The first-order valence-corrected chi connectivity index (χ1v) is 9.90. The van der Waals surface area contributed by atoms with Crippen LogP contribution in [0.5, 0.6) is 5.75 Å². The summed E-state index contributed by atoms with van der Waals surface area (Å²) in [6.07, 6.45) is -3.48. The van der Waals surface area contributed by atoms with Gasteiger partial charge in [0.1, 0.15) is 5.75 Å². The highest BCUT2D eigenvalue weighted by molar-refractivity contribution is 6.00. The van der Waals surface area contributed by atoms with Gasteiger partial charge in [-0.2, -0.15) is 13.2 Å². The summed E-state index contributed by atoms with van der Waals surface area (Å²) in [5.74, 6) is -2.24. The molecule has 0 unspecified atom stereocenters. The van der Waals surface area contributed by atoms with Crippen molar-refractivity contribution in [2.75, 3.05) is 31.6 Å². The molecule has 0 N–H and O–H groups in total. The molecule has 3 heterocycles. The van der Waals surface area contributed by atoms with Crippen LogP contribution in [-0.4, -0.2) is 53.7 Å². The van der Waals surface area contributed by atoms with Crippen molar-refractivity contribution >= 4 is 17.5 Å². The molecule has 1 aromatic carbocycles. The van der Waals surface area contributed by atoms with Crippen LogP contribution in [0.15, 0.2) is 28.7 Å². The Bertz CT molecular complexity index is 977. The fourth-order valence-corrected chi connectivity index (χ4v) is 4.05. The molecule has 8 nitrogen and oxygen atoms in total. The number of carbonyl (C=O) groups excluding carboxylic acids is 2. The molecular formula is C20H21F3N4O4. The van der Waals surface area contributed by atoms with Crippen molar-refractivity contribution in [2.45, 2.75) is 31.4 Å². The van der Waals surface area contributed by atoms with Crippen molar-refractivity contribution in [1.29, 1.82) is 0 Å². The molecule has 0 spiro atoms. The number of rotatable bonds is 4. The molecule has 4 rings (SSSR count). The van der Waals surface area contributed by atoms with Crippen molar-refractivity contribution in [1.82, 2.24) is 15.1 Å². The minimum atomic E-state index is -4.71. The van der Waals surface area contributed by atoms with Crippen LogP contribution in [0, 0.1) is 5.92 Å². The van der Waals surface area contributed by atoms with Gasteiger partial charge in [-0.15, -0.1) is 10.2 Å². The third-order valence-corrected chi connectivity index (χ3v) is 5.60. The predicted molar refractivity (Wildman–Crippen MR) is 101 cm³/mol. The van der Waals surface area contributed by atoms with Crippen molar-refractivity contribution in [2.24, 2.45) is 5.92 Å². The largest absolute Gasteiger partial charge is 0.497 e. The molecular weight excluding hydrogens is 417 g/mol. The molecule has 0 aliphatic carbocycles. The van der Waals surface area contributed by atoms with Gasteiger partial charge < -0.3 is 19.0 Å². The minimum absolute atomic E-state index is 0.0794. The lowest BCUT2D eigenvalue weighted by molar-refractivity contribution is -0.157. The van der Waals surface area contributed by atoms with Gasteiger partial charge in [0.2, 0.25) is 17.7 Å². The van der Waals surface area contributed by atoms with Crippen molar-refractivity contribution in [3.8, 4) is 5.75 Å². The topological polar surface area (TPSA) is 88.8 Å². The number of amides is 2. The lowest BCUT2D eigenvalue weighted by Gasteiger charge is -2.32. The number of hydrogen-bond acceptors (Lipinski definition) is 6. The lowest BCUT2D eigenvalue weighted by Crippen LogP contribution is -2.43. The van der Waals surface area contributed by atoms with Crippen LogP contribution in [-0.2, 0) is 15.8 Å². The summed E-state index contributed by atoms with van der Waals surface area (Å²) in [6, 6.07) is 7.04. The van der Waals surface area contributed by atoms with E-state index in [1.807, 2.05) is 0 Å². The summed E-state index contributed by atoms with van der Waals surface area (Å²) in [7, 11) is 1.53. The maximum absolute atomic E-state index is 13.1. The van der Waals surface area contributed by atoms with Gasteiger partial charge in [-0.3, -0.25) is 9.59 Å². The summed E-state index contributed by atoms with van der Waals surface area (Å²) in [6.45, 7) is 0.895. The predicted octanol–water partition coefficient (Wildman–Crippen LogP) is 2.86. The Balaban J connectivity index is 1.43. The Hall–Kier alpha value is -3.11. The van der Waals surface area contributed by atoms with Crippen LogP contribution in [0.25, 0.3) is 0 Å². The van der Waals surface area contributed by atoms with E-state index in [9.17, 15) is 22.8 Å². The van der Waals surface area contributed by atoms with Gasteiger partial charge in [0.25, 0.3) is 0 Å². The van der Waals surface area contributed by atoms with E-state index in [4.69, 9.17) is 9.15 Å². The highest BCUT2D eigenvalue weighted by Crippen LogP contribution is 2.34. The van der Waals surface area contributed by atoms with Crippen LogP contribution >= 0.6 is 0 Å².